The molecule has 1 aromatic rings. The Kier molecular flexibility index (Phi) is 3.17. The van der Waals surface area contributed by atoms with Crippen molar-refractivity contribution in [3.8, 4) is 0 Å². The number of benzene rings is 1. The summed E-state index contributed by atoms with van der Waals surface area (Å²) in [6.07, 6.45) is -4.28. The minimum absolute atomic E-state index is 0.139. The molecule has 0 saturated heterocycles. The van der Waals surface area contributed by atoms with E-state index < -0.39 is 11.7 Å². The molecule has 0 N–H and O–H groups in total. The quantitative estimate of drug-likeness (QED) is 0.649. The van der Waals surface area contributed by atoms with Gasteiger partial charge < -0.3 is 0 Å². The SMILES string of the molecule is C=C(c1ccc(C(F)(F)F)cc1)C(C)(C)C. The zero-order chi connectivity index (χ0) is 12.6. The van der Waals surface area contributed by atoms with Crippen LogP contribution in [0.2, 0.25) is 0 Å². The van der Waals surface area contributed by atoms with Crippen LogP contribution in [0.5, 0.6) is 0 Å². The van der Waals surface area contributed by atoms with Crippen molar-refractivity contribution in [2.45, 2.75) is 26.9 Å². The molecule has 1 aromatic carbocycles. The Morgan fingerprint density at radius 3 is 1.75 bits per heavy atom. The lowest BCUT2D eigenvalue weighted by Gasteiger charge is -2.22. The van der Waals surface area contributed by atoms with Crippen molar-refractivity contribution in [1.29, 1.82) is 0 Å². The molecule has 0 aliphatic heterocycles. The summed E-state index contributed by atoms with van der Waals surface area (Å²) >= 11 is 0. The Balaban J connectivity index is 3.01. The van der Waals surface area contributed by atoms with Gasteiger partial charge in [-0.1, -0.05) is 39.5 Å². The van der Waals surface area contributed by atoms with Crippen LogP contribution in [0.3, 0.4) is 0 Å². The van der Waals surface area contributed by atoms with Crippen molar-refractivity contribution in [3.63, 3.8) is 0 Å². The Morgan fingerprint density at radius 1 is 1.00 bits per heavy atom. The van der Waals surface area contributed by atoms with Crippen LogP contribution in [-0.4, -0.2) is 0 Å². The van der Waals surface area contributed by atoms with Crippen LogP contribution >= 0.6 is 0 Å². The van der Waals surface area contributed by atoms with E-state index >= 15 is 0 Å². The minimum atomic E-state index is -4.28. The van der Waals surface area contributed by atoms with Crippen LogP contribution in [0.4, 0.5) is 13.2 Å². The number of hydrogen-bond donors (Lipinski definition) is 0. The van der Waals surface area contributed by atoms with Crippen molar-refractivity contribution in [3.05, 3.63) is 42.0 Å². The average Bonchev–Trinajstić information content (AvgIpc) is 2.14. The second kappa shape index (κ2) is 3.96. The molecule has 88 valence electrons. The summed E-state index contributed by atoms with van der Waals surface area (Å²) in [5.41, 5.74) is 0.819. The Labute approximate surface area is 93.8 Å². The lowest BCUT2D eigenvalue weighted by molar-refractivity contribution is -0.137. The van der Waals surface area contributed by atoms with Crippen LogP contribution in [0.15, 0.2) is 30.8 Å². The fourth-order valence-corrected chi connectivity index (χ4v) is 1.29. The number of rotatable bonds is 1. The van der Waals surface area contributed by atoms with E-state index in [0.29, 0.717) is 0 Å². The molecule has 1 rings (SSSR count). The summed E-state index contributed by atoms with van der Waals surface area (Å²) in [4.78, 5) is 0. The van der Waals surface area contributed by atoms with E-state index in [4.69, 9.17) is 0 Å². The van der Waals surface area contributed by atoms with Gasteiger partial charge in [-0.2, -0.15) is 13.2 Å². The van der Waals surface area contributed by atoms with Crippen molar-refractivity contribution in [1.82, 2.24) is 0 Å². The first-order valence-corrected chi connectivity index (χ1v) is 4.99. The van der Waals surface area contributed by atoms with Crippen LogP contribution in [-0.2, 0) is 6.18 Å². The molecule has 0 aliphatic rings. The van der Waals surface area contributed by atoms with Crippen molar-refractivity contribution in [2.75, 3.05) is 0 Å². The number of alkyl halides is 3. The van der Waals surface area contributed by atoms with Crippen molar-refractivity contribution in [2.24, 2.45) is 5.41 Å². The van der Waals surface area contributed by atoms with Gasteiger partial charge in [-0.3, -0.25) is 0 Å². The molecule has 0 spiro atoms. The van der Waals surface area contributed by atoms with E-state index in [-0.39, 0.29) is 5.41 Å². The average molecular weight is 228 g/mol. The molecule has 16 heavy (non-hydrogen) atoms. The lowest BCUT2D eigenvalue weighted by Crippen LogP contribution is -2.08. The molecule has 0 fully saturated rings. The van der Waals surface area contributed by atoms with Gasteiger partial charge in [-0.15, -0.1) is 0 Å². The zero-order valence-electron chi connectivity index (χ0n) is 9.65. The molecule has 3 heteroatoms. The van der Waals surface area contributed by atoms with Gasteiger partial charge in [-0.05, 0) is 28.7 Å². The normalized spacial score (nSPS) is 12.6. The molecular weight excluding hydrogens is 213 g/mol. The van der Waals surface area contributed by atoms with Gasteiger partial charge in [0.15, 0.2) is 0 Å². The molecular formula is C13H15F3. The third kappa shape index (κ3) is 2.87. The van der Waals surface area contributed by atoms with Crippen molar-refractivity contribution < 1.29 is 13.2 Å². The first-order valence-electron chi connectivity index (χ1n) is 4.99. The topological polar surface area (TPSA) is 0 Å². The van der Waals surface area contributed by atoms with Crippen LogP contribution in [0.25, 0.3) is 5.57 Å². The molecule has 0 unspecified atom stereocenters. The predicted octanol–water partition coefficient (Wildman–Crippen LogP) is 4.76. The molecule has 0 bridgehead atoms. The fourth-order valence-electron chi connectivity index (χ4n) is 1.29. The maximum Gasteiger partial charge on any atom is 0.416 e. The number of allylic oxidation sites excluding steroid dienone is 1. The van der Waals surface area contributed by atoms with E-state index in [9.17, 15) is 13.2 Å². The van der Waals surface area contributed by atoms with Crippen LogP contribution in [0, 0.1) is 5.41 Å². The molecule has 0 aromatic heterocycles. The highest BCUT2D eigenvalue weighted by Crippen LogP contribution is 2.34. The standard InChI is InChI=1S/C13H15F3/c1-9(12(2,3)4)10-5-7-11(8-6-10)13(14,15)16/h5-8H,1H2,2-4H3. The number of hydrogen-bond acceptors (Lipinski definition) is 0. The van der Waals surface area contributed by atoms with E-state index in [0.717, 1.165) is 23.3 Å². The minimum Gasteiger partial charge on any atom is -0.166 e. The molecule has 0 heterocycles. The third-order valence-corrected chi connectivity index (χ3v) is 2.47. The highest BCUT2D eigenvalue weighted by Gasteiger charge is 2.30. The third-order valence-electron chi connectivity index (χ3n) is 2.47. The van der Waals surface area contributed by atoms with Gasteiger partial charge in [0.25, 0.3) is 0 Å². The maximum atomic E-state index is 12.3. The first kappa shape index (κ1) is 12.8. The zero-order valence-corrected chi connectivity index (χ0v) is 9.65. The van der Waals surface area contributed by atoms with E-state index in [1.807, 2.05) is 20.8 Å². The summed E-state index contributed by atoms with van der Waals surface area (Å²) in [6.45, 7) is 9.84. The second-order valence-corrected chi connectivity index (χ2v) is 4.80. The van der Waals surface area contributed by atoms with Gasteiger partial charge >= 0.3 is 6.18 Å². The smallest absolute Gasteiger partial charge is 0.166 e. The predicted molar refractivity (Wildman–Crippen MR) is 59.9 cm³/mol. The largest absolute Gasteiger partial charge is 0.416 e. The van der Waals surface area contributed by atoms with E-state index in [1.165, 1.54) is 12.1 Å². The Morgan fingerprint density at radius 2 is 1.44 bits per heavy atom. The summed E-state index contributed by atoms with van der Waals surface area (Å²) in [7, 11) is 0. The lowest BCUT2D eigenvalue weighted by atomic mass is 9.83. The van der Waals surface area contributed by atoms with E-state index in [1.54, 1.807) is 0 Å². The monoisotopic (exact) mass is 228 g/mol. The second-order valence-electron chi connectivity index (χ2n) is 4.80. The fraction of sp³-hybridized carbons (Fsp3) is 0.385. The summed E-state index contributed by atoms with van der Waals surface area (Å²) in [6, 6.07) is 5.12. The Hall–Kier alpha value is -1.25. The van der Waals surface area contributed by atoms with Gasteiger partial charge in [0.1, 0.15) is 0 Å². The molecule has 0 radical (unpaired) electrons. The van der Waals surface area contributed by atoms with E-state index in [2.05, 4.69) is 6.58 Å². The summed E-state index contributed by atoms with van der Waals surface area (Å²) < 4.78 is 37.0. The van der Waals surface area contributed by atoms with Gasteiger partial charge in [0.2, 0.25) is 0 Å². The molecule has 0 nitrogen and oxygen atoms in total. The molecule has 0 atom stereocenters. The summed E-state index contributed by atoms with van der Waals surface area (Å²) in [5.74, 6) is 0. The highest BCUT2D eigenvalue weighted by atomic mass is 19.4. The first-order chi connectivity index (χ1) is 7.12. The van der Waals surface area contributed by atoms with Gasteiger partial charge in [0.05, 0.1) is 5.56 Å². The summed E-state index contributed by atoms with van der Waals surface area (Å²) in [5, 5.41) is 0. The van der Waals surface area contributed by atoms with Crippen molar-refractivity contribution >= 4 is 5.57 Å². The number of halogens is 3. The van der Waals surface area contributed by atoms with Crippen LogP contribution < -0.4 is 0 Å². The maximum absolute atomic E-state index is 12.3. The van der Waals surface area contributed by atoms with Gasteiger partial charge in [0, 0.05) is 0 Å². The Bertz CT molecular complexity index is 377. The van der Waals surface area contributed by atoms with Crippen LogP contribution in [0.1, 0.15) is 31.9 Å². The van der Waals surface area contributed by atoms with Gasteiger partial charge in [-0.25, -0.2) is 0 Å². The molecule has 0 amide bonds. The highest BCUT2D eigenvalue weighted by molar-refractivity contribution is 5.67. The molecule has 0 saturated carbocycles. The molecule has 0 aliphatic carbocycles.